The van der Waals surface area contributed by atoms with Gasteiger partial charge in [0.25, 0.3) is 0 Å². The highest BCUT2D eigenvalue weighted by Gasteiger charge is 2.06. The lowest BCUT2D eigenvalue weighted by molar-refractivity contribution is -0.137. The predicted molar refractivity (Wildman–Crippen MR) is 62.3 cm³/mol. The Morgan fingerprint density at radius 3 is 2.38 bits per heavy atom. The normalized spacial score (nSPS) is 10.8. The SMILES string of the molecule is CC(C)NC(=O)CCN(C)CCCC(=O)O. The maximum absolute atomic E-state index is 11.3. The summed E-state index contributed by atoms with van der Waals surface area (Å²) in [6, 6.07) is 0.171. The lowest BCUT2D eigenvalue weighted by Gasteiger charge is -2.16. The minimum atomic E-state index is -0.772. The highest BCUT2D eigenvalue weighted by Crippen LogP contribution is 1.95. The average molecular weight is 230 g/mol. The molecule has 0 aromatic heterocycles. The molecule has 16 heavy (non-hydrogen) atoms. The predicted octanol–water partition coefficient (Wildman–Crippen LogP) is 0.698. The van der Waals surface area contributed by atoms with Gasteiger partial charge in [0.15, 0.2) is 0 Å². The van der Waals surface area contributed by atoms with E-state index in [1.54, 1.807) is 0 Å². The Bertz CT molecular complexity index is 229. The van der Waals surface area contributed by atoms with E-state index in [1.165, 1.54) is 0 Å². The van der Waals surface area contributed by atoms with E-state index in [0.29, 0.717) is 25.9 Å². The maximum Gasteiger partial charge on any atom is 0.303 e. The van der Waals surface area contributed by atoms with Crippen molar-refractivity contribution in [1.29, 1.82) is 0 Å². The number of aliphatic carboxylic acids is 1. The molecule has 1 amide bonds. The maximum atomic E-state index is 11.3. The molecule has 0 saturated carbocycles. The van der Waals surface area contributed by atoms with Crippen molar-refractivity contribution in [3.05, 3.63) is 0 Å². The van der Waals surface area contributed by atoms with Gasteiger partial charge >= 0.3 is 5.97 Å². The molecule has 0 saturated heterocycles. The van der Waals surface area contributed by atoms with E-state index >= 15 is 0 Å². The summed E-state index contributed by atoms with van der Waals surface area (Å²) < 4.78 is 0. The second kappa shape index (κ2) is 8.10. The Labute approximate surface area is 96.8 Å². The van der Waals surface area contributed by atoms with Crippen LogP contribution in [0.15, 0.2) is 0 Å². The van der Waals surface area contributed by atoms with E-state index in [0.717, 1.165) is 0 Å². The molecule has 94 valence electrons. The minimum Gasteiger partial charge on any atom is -0.481 e. The molecule has 0 atom stereocenters. The Hall–Kier alpha value is -1.10. The fourth-order valence-corrected chi connectivity index (χ4v) is 1.30. The van der Waals surface area contributed by atoms with Crippen molar-refractivity contribution in [2.24, 2.45) is 0 Å². The first kappa shape index (κ1) is 14.9. The van der Waals surface area contributed by atoms with Gasteiger partial charge in [0.2, 0.25) is 5.91 Å². The summed E-state index contributed by atoms with van der Waals surface area (Å²) in [5, 5.41) is 11.3. The molecule has 0 aliphatic rings. The van der Waals surface area contributed by atoms with Gasteiger partial charge in [-0.2, -0.15) is 0 Å². The van der Waals surface area contributed by atoms with Crippen LogP contribution in [0, 0.1) is 0 Å². The molecular weight excluding hydrogens is 208 g/mol. The van der Waals surface area contributed by atoms with Crippen molar-refractivity contribution in [1.82, 2.24) is 10.2 Å². The van der Waals surface area contributed by atoms with Gasteiger partial charge in [-0.25, -0.2) is 0 Å². The fourth-order valence-electron chi connectivity index (χ4n) is 1.30. The van der Waals surface area contributed by atoms with Crippen molar-refractivity contribution >= 4 is 11.9 Å². The molecule has 0 aliphatic heterocycles. The van der Waals surface area contributed by atoms with Gasteiger partial charge in [-0.05, 0) is 33.9 Å². The monoisotopic (exact) mass is 230 g/mol. The van der Waals surface area contributed by atoms with Gasteiger partial charge in [0.1, 0.15) is 0 Å². The van der Waals surface area contributed by atoms with Gasteiger partial charge < -0.3 is 15.3 Å². The quantitative estimate of drug-likeness (QED) is 0.644. The summed E-state index contributed by atoms with van der Waals surface area (Å²) in [5.74, 6) is -0.731. The zero-order valence-corrected chi connectivity index (χ0v) is 10.3. The largest absolute Gasteiger partial charge is 0.481 e. The van der Waals surface area contributed by atoms with E-state index in [9.17, 15) is 9.59 Å². The van der Waals surface area contributed by atoms with Crippen LogP contribution in [0.4, 0.5) is 0 Å². The second-order valence-corrected chi connectivity index (χ2v) is 4.27. The number of nitrogens with one attached hydrogen (secondary N) is 1. The van der Waals surface area contributed by atoms with Crippen LogP contribution in [-0.2, 0) is 9.59 Å². The smallest absolute Gasteiger partial charge is 0.303 e. The van der Waals surface area contributed by atoms with Gasteiger partial charge in [-0.3, -0.25) is 9.59 Å². The van der Waals surface area contributed by atoms with E-state index in [2.05, 4.69) is 5.32 Å². The van der Waals surface area contributed by atoms with E-state index < -0.39 is 5.97 Å². The summed E-state index contributed by atoms with van der Waals surface area (Å²) in [5.41, 5.74) is 0. The first-order chi connectivity index (χ1) is 7.41. The minimum absolute atomic E-state index is 0.0417. The Balaban J connectivity index is 3.53. The summed E-state index contributed by atoms with van der Waals surface area (Å²) in [4.78, 5) is 23.6. The van der Waals surface area contributed by atoms with Crippen LogP contribution in [0.25, 0.3) is 0 Å². The molecule has 5 heteroatoms. The van der Waals surface area contributed by atoms with Crippen LogP contribution in [0.5, 0.6) is 0 Å². The number of hydrogen-bond acceptors (Lipinski definition) is 3. The molecule has 0 heterocycles. The number of hydrogen-bond donors (Lipinski definition) is 2. The molecule has 0 aliphatic carbocycles. The van der Waals surface area contributed by atoms with Crippen molar-refractivity contribution in [3.63, 3.8) is 0 Å². The molecule has 2 N–H and O–H groups in total. The van der Waals surface area contributed by atoms with E-state index in [-0.39, 0.29) is 18.4 Å². The highest BCUT2D eigenvalue weighted by atomic mass is 16.4. The molecule has 0 rings (SSSR count). The van der Waals surface area contributed by atoms with Crippen LogP contribution in [0.2, 0.25) is 0 Å². The molecule has 0 aromatic rings. The summed E-state index contributed by atoms with van der Waals surface area (Å²) >= 11 is 0. The summed E-state index contributed by atoms with van der Waals surface area (Å²) in [6.07, 6.45) is 1.27. The fraction of sp³-hybridized carbons (Fsp3) is 0.818. The zero-order valence-electron chi connectivity index (χ0n) is 10.3. The van der Waals surface area contributed by atoms with Crippen molar-refractivity contribution in [2.75, 3.05) is 20.1 Å². The topological polar surface area (TPSA) is 69.6 Å². The third kappa shape index (κ3) is 9.45. The number of carboxylic acids is 1. The molecule has 0 bridgehead atoms. The molecule has 5 nitrogen and oxygen atoms in total. The number of nitrogens with zero attached hydrogens (tertiary/aromatic N) is 1. The number of carbonyl (C=O) groups excluding carboxylic acids is 1. The van der Waals surface area contributed by atoms with E-state index in [1.807, 2.05) is 25.8 Å². The van der Waals surface area contributed by atoms with E-state index in [4.69, 9.17) is 5.11 Å². The molecule has 0 unspecified atom stereocenters. The van der Waals surface area contributed by atoms with Crippen molar-refractivity contribution in [2.45, 2.75) is 39.2 Å². The van der Waals surface area contributed by atoms with Crippen LogP contribution < -0.4 is 5.32 Å². The van der Waals surface area contributed by atoms with Crippen molar-refractivity contribution < 1.29 is 14.7 Å². The Kier molecular flexibility index (Phi) is 7.54. The van der Waals surface area contributed by atoms with Crippen LogP contribution in [-0.4, -0.2) is 48.1 Å². The molecule has 0 spiro atoms. The van der Waals surface area contributed by atoms with Crippen LogP contribution >= 0.6 is 0 Å². The third-order valence-electron chi connectivity index (χ3n) is 2.10. The van der Waals surface area contributed by atoms with Gasteiger partial charge in [0, 0.05) is 25.4 Å². The molecular formula is C11H22N2O3. The van der Waals surface area contributed by atoms with Gasteiger partial charge in [-0.1, -0.05) is 0 Å². The van der Waals surface area contributed by atoms with Crippen LogP contribution in [0.1, 0.15) is 33.1 Å². The van der Waals surface area contributed by atoms with Crippen molar-refractivity contribution in [3.8, 4) is 0 Å². The lowest BCUT2D eigenvalue weighted by atomic mass is 10.3. The Morgan fingerprint density at radius 2 is 1.88 bits per heavy atom. The third-order valence-corrected chi connectivity index (χ3v) is 2.10. The van der Waals surface area contributed by atoms with Gasteiger partial charge in [-0.15, -0.1) is 0 Å². The number of carbonyl (C=O) groups is 2. The van der Waals surface area contributed by atoms with Gasteiger partial charge in [0.05, 0.1) is 0 Å². The highest BCUT2D eigenvalue weighted by molar-refractivity contribution is 5.76. The first-order valence-corrected chi connectivity index (χ1v) is 5.61. The molecule has 0 aromatic carbocycles. The first-order valence-electron chi connectivity index (χ1n) is 5.61. The second-order valence-electron chi connectivity index (χ2n) is 4.27. The zero-order chi connectivity index (χ0) is 12.6. The number of rotatable bonds is 8. The standard InChI is InChI=1S/C11H22N2O3/c1-9(2)12-10(14)6-8-13(3)7-4-5-11(15)16/h9H,4-8H2,1-3H3,(H,12,14)(H,15,16). The molecule has 0 radical (unpaired) electrons. The summed E-state index contributed by atoms with van der Waals surface area (Å²) in [6.45, 7) is 5.22. The Morgan fingerprint density at radius 1 is 1.25 bits per heavy atom. The van der Waals surface area contributed by atoms with Crippen LogP contribution in [0.3, 0.4) is 0 Å². The number of carboxylic acid groups (broad SMARTS) is 1. The number of amides is 1. The average Bonchev–Trinajstić information content (AvgIpc) is 2.13. The summed E-state index contributed by atoms with van der Waals surface area (Å²) in [7, 11) is 1.89. The molecule has 0 fully saturated rings. The lowest BCUT2D eigenvalue weighted by Crippen LogP contribution is -2.33.